The number of aromatic nitrogens is 1. The highest BCUT2D eigenvalue weighted by atomic mass is 32.2. The van der Waals surface area contributed by atoms with Gasteiger partial charge in [-0.05, 0) is 52.1 Å². The summed E-state index contributed by atoms with van der Waals surface area (Å²) < 4.78 is 20.1. The minimum atomic E-state index is -0.642. The van der Waals surface area contributed by atoms with Crippen LogP contribution < -0.4 is 5.32 Å². The first kappa shape index (κ1) is 37.2. The van der Waals surface area contributed by atoms with Crippen molar-refractivity contribution in [2.45, 2.75) is 43.8 Å². The fourth-order valence-corrected chi connectivity index (χ4v) is 7.99. The Labute approximate surface area is 331 Å². The number of aliphatic hydroxyl groups excluding tert-OH is 1. The second-order valence-corrected chi connectivity index (χ2v) is 14.9. The quantitative estimate of drug-likeness (QED) is 0.120. The van der Waals surface area contributed by atoms with Crippen molar-refractivity contribution in [1.82, 2.24) is 10.3 Å². The molecule has 8 rings (SSSR count). The van der Waals surface area contributed by atoms with Gasteiger partial charge in [-0.25, -0.2) is 4.98 Å². The zero-order valence-electron chi connectivity index (χ0n) is 31.0. The Bertz CT molecular complexity index is 2310. The molecule has 1 amide bonds. The number of thioether (sulfide) groups is 1. The van der Waals surface area contributed by atoms with Gasteiger partial charge in [0.25, 0.3) is 11.1 Å². The molecule has 1 fully saturated rings. The van der Waals surface area contributed by atoms with Gasteiger partial charge in [-0.1, -0.05) is 158 Å². The molecule has 1 saturated heterocycles. The summed E-state index contributed by atoms with van der Waals surface area (Å²) in [4.78, 5) is 17.7. The Kier molecular flexibility index (Phi) is 11.5. The SMILES string of the molecule is C[C@@H]1[C@H](CSc2nc(-c3ccccc3)c(-c3ccccc3)o2)O[C@H](c2cccc(-c3cccc(CNC(=O)c4ccccc4)c3)c2)O[C@@H]1c1ccc(CO)cc1. The first-order valence-corrected chi connectivity index (χ1v) is 19.8. The maximum Gasteiger partial charge on any atom is 0.256 e. The maximum absolute atomic E-state index is 12.7. The molecular formula is C48H42N2O5S. The summed E-state index contributed by atoms with van der Waals surface area (Å²) >= 11 is 1.54. The maximum atomic E-state index is 12.7. The highest BCUT2D eigenvalue weighted by Crippen LogP contribution is 2.44. The van der Waals surface area contributed by atoms with E-state index in [1.807, 2.05) is 140 Å². The number of hydrogen-bond donors (Lipinski definition) is 2. The van der Waals surface area contributed by atoms with Crippen molar-refractivity contribution < 1.29 is 23.8 Å². The summed E-state index contributed by atoms with van der Waals surface area (Å²) in [6.45, 7) is 2.55. The van der Waals surface area contributed by atoms with Gasteiger partial charge in [-0.3, -0.25) is 4.79 Å². The van der Waals surface area contributed by atoms with Crippen LogP contribution in [0, 0.1) is 5.92 Å². The fraction of sp³-hybridized carbons (Fsp3) is 0.167. The number of aliphatic hydroxyl groups is 1. The van der Waals surface area contributed by atoms with Gasteiger partial charge in [0, 0.05) is 40.5 Å². The number of hydrogen-bond acceptors (Lipinski definition) is 7. The molecule has 0 spiro atoms. The largest absolute Gasteiger partial charge is 0.431 e. The van der Waals surface area contributed by atoms with E-state index in [0.29, 0.717) is 23.1 Å². The number of nitrogens with zero attached hydrogens (tertiary/aromatic N) is 1. The molecule has 1 aliphatic heterocycles. The zero-order valence-corrected chi connectivity index (χ0v) is 31.8. The second-order valence-electron chi connectivity index (χ2n) is 13.9. The number of carbonyl (C=O) groups excluding carboxylic acids is 1. The van der Waals surface area contributed by atoms with Gasteiger partial charge in [0.1, 0.15) is 5.69 Å². The van der Waals surface area contributed by atoms with Gasteiger partial charge in [-0.15, -0.1) is 0 Å². The number of oxazole rings is 1. The van der Waals surface area contributed by atoms with E-state index in [9.17, 15) is 9.90 Å². The molecule has 2 N–H and O–H groups in total. The smallest absolute Gasteiger partial charge is 0.256 e. The van der Waals surface area contributed by atoms with E-state index < -0.39 is 6.29 Å². The Hall–Kier alpha value is -5.77. The molecule has 2 heterocycles. The number of nitrogens with one attached hydrogen (secondary N) is 1. The first-order valence-electron chi connectivity index (χ1n) is 18.8. The Morgan fingerprint density at radius 1 is 0.679 bits per heavy atom. The molecular weight excluding hydrogens is 717 g/mol. The minimum Gasteiger partial charge on any atom is -0.431 e. The van der Waals surface area contributed by atoms with Gasteiger partial charge in [0.2, 0.25) is 0 Å². The van der Waals surface area contributed by atoms with E-state index in [-0.39, 0.29) is 30.6 Å². The molecule has 0 bridgehead atoms. The normalized spacial score (nSPS) is 18.0. The molecule has 0 saturated carbocycles. The lowest BCUT2D eigenvalue weighted by Gasteiger charge is -2.41. The summed E-state index contributed by atoms with van der Waals surface area (Å²) in [5.74, 6) is 1.20. The first-order chi connectivity index (χ1) is 27.5. The van der Waals surface area contributed by atoms with Gasteiger partial charge < -0.3 is 24.3 Å². The number of rotatable bonds is 12. The molecule has 1 aromatic heterocycles. The minimum absolute atomic E-state index is 0.0122. The van der Waals surface area contributed by atoms with Crippen LogP contribution >= 0.6 is 11.8 Å². The monoisotopic (exact) mass is 758 g/mol. The molecule has 0 unspecified atom stereocenters. The van der Waals surface area contributed by atoms with E-state index in [0.717, 1.165) is 56.0 Å². The average molecular weight is 759 g/mol. The third kappa shape index (κ3) is 8.54. The van der Waals surface area contributed by atoms with Crippen LogP contribution in [-0.2, 0) is 22.6 Å². The zero-order chi connectivity index (χ0) is 38.3. The van der Waals surface area contributed by atoms with Crippen molar-refractivity contribution in [2.24, 2.45) is 5.92 Å². The summed E-state index contributed by atoms with van der Waals surface area (Å²) in [5, 5.41) is 13.3. The third-order valence-corrected chi connectivity index (χ3v) is 11.0. The van der Waals surface area contributed by atoms with Crippen LogP contribution in [0.25, 0.3) is 33.7 Å². The molecule has 56 heavy (non-hydrogen) atoms. The summed E-state index contributed by atoms with van der Waals surface area (Å²) in [6, 6.07) is 53.8. The van der Waals surface area contributed by atoms with E-state index in [1.165, 1.54) is 0 Å². The van der Waals surface area contributed by atoms with Crippen LogP contribution in [0.1, 0.15) is 51.9 Å². The molecule has 4 atom stereocenters. The molecule has 7 aromatic rings. The van der Waals surface area contributed by atoms with Crippen LogP contribution in [0.2, 0.25) is 0 Å². The van der Waals surface area contributed by atoms with Gasteiger partial charge in [0.05, 0.1) is 18.8 Å². The number of ether oxygens (including phenoxy) is 2. The van der Waals surface area contributed by atoms with Crippen molar-refractivity contribution >= 4 is 17.7 Å². The third-order valence-electron chi connectivity index (χ3n) is 10.1. The van der Waals surface area contributed by atoms with Crippen molar-refractivity contribution in [3.05, 3.63) is 192 Å². The standard InChI is InChI=1S/C48H42N2O5S/c1-32-42(31-56-48-50-43(35-14-5-2-6-15-35)45(55-48)36-16-7-3-8-17-36)53-47(54-44(32)37-25-23-33(30-51)24-26-37)41-22-12-21-40(28-41)39-20-11-13-34(27-39)29-49-46(52)38-18-9-4-10-19-38/h2-28,32,42,44,47,51H,29-31H2,1H3,(H,49,52)/t32-,42+,44+,47+/m1/s1. The number of amides is 1. The van der Waals surface area contributed by atoms with E-state index in [2.05, 4.69) is 36.5 Å². The predicted molar refractivity (Wildman–Crippen MR) is 221 cm³/mol. The van der Waals surface area contributed by atoms with Gasteiger partial charge >= 0.3 is 0 Å². The molecule has 1 aliphatic rings. The molecule has 0 aliphatic carbocycles. The molecule has 6 aromatic carbocycles. The lowest BCUT2D eigenvalue weighted by atomic mass is 9.91. The lowest BCUT2D eigenvalue weighted by molar-refractivity contribution is -0.268. The van der Waals surface area contributed by atoms with E-state index in [4.69, 9.17) is 18.9 Å². The Balaban J connectivity index is 1.05. The van der Waals surface area contributed by atoms with Crippen molar-refractivity contribution in [2.75, 3.05) is 5.75 Å². The van der Waals surface area contributed by atoms with Crippen LogP contribution in [0.5, 0.6) is 0 Å². The van der Waals surface area contributed by atoms with Gasteiger partial charge in [-0.2, -0.15) is 0 Å². The highest BCUT2D eigenvalue weighted by molar-refractivity contribution is 7.99. The van der Waals surface area contributed by atoms with Crippen molar-refractivity contribution in [1.29, 1.82) is 0 Å². The lowest BCUT2D eigenvalue weighted by Crippen LogP contribution is -2.38. The Morgan fingerprint density at radius 3 is 2.04 bits per heavy atom. The van der Waals surface area contributed by atoms with Crippen LogP contribution in [0.4, 0.5) is 0 Å². The number of carbonyl (C=O) groups is 1. The van der Waals surface area contributed by atoms with E-state index in [1.54, 1.807) is 11.8 Å². The predicted octanol–water partition coefficient (Wildman–Crippen LogP) is 10.7. The fourth-order valence-electron chi connectivity index (χ4n) is 7.00. The molecule has 7 nitrogen and oxygen atoms in total. The van der Waals surface area contributed by atoms with Crippen LogP contribution in [0.15, 0.2) is 173 Å². The van der Waals surface area contributed by atoms with Crippen LogP contribution in [0.3, 0.4) is 0 Å². The molecule has 280 valence electrons. The second kappa shape index (κ2) is 17.4. The highest BCUT2D eigenvalue weighted by Gasteiger charge is 2.39. The summed E-state index contributed by atoms with van der Waals surface area (Å²) in [6.07, 6.45) is -1.12. The van der Waals surface area contributed by atoms with Crippen molar-refractivity contribution in [3.63, 3.8) is 0 Å². The summed E-state index contributed by atoms with van der Waals surface area (Å²) in [7, 11) is 0. The van der Waals surface area contributed by atoms with Gasteiger partial charge in [0.15, 0.2) is 12.1 Å². The topological polar surface area (TPSA) is 93.8 Å². The number of benzene rings is 6. The molecule has 8 heteroatoms. The molecule has 0 radical (unpaired) electrons. The average Bonchev–Trinajstić information content (AvgIpc) is 3.71. The van der Waals surface area contributed by atoms with E-state index >= 15 is 0 Å². The summed E-state index contributed by atoms with van der Waals surface area (Å²) in [5.41, 5.74) is 9.20. The Morgan fingerprint density at radius 2 is 1.32 bits per heavy atom. The van der Waals surface area contributed by atoms with Crippen molar-refractivity contribution in [3.8, 4) is 33.7 Å². The van der Waals surface area contributed by atoms with Crippen LogP contribution in [-0.4, -0.2) is 27.9 Å².